The molecule has 0 aromatic carbocycles. The minimum atomic E-state index is -0.212. The van der Waals surface area contributed by atoms with Crippen LogP contribution in [0.2, 0.25) is 0 Å². The second-order valence-corrected chi connectivity index (χ2v) is 6.18. The van der Waals surface area contributed by atoms with E-state index < -0.39 is 0 Å². The molecule has 0 aliphatic carbocycles. The number of ether oxygens (including phenoxy) is 1. The zero-order valence-electron chi connectivity index (χ0n) is 13.3. The number of methoxy groups -OCH3 is 1. The van der Waals surface area contributed by atoms with E-state index in [1.54, 1.807) is 11.8 Å². The van der Waals surface area contributed by atoms with Crippen molar-refractivity contribution in [1.29, 1.82) is 0 Å². The Labute approximate surface area is 133 Å². The van der Waals surface area contributed by atoms with E-state index >= 15 is 0 Å². The number of rotatable bonds is 7. The van der Waals surface area contributed by atoms with E-state index in [-0.39, 0.29) is 11.8 Å². The molecule has 2 rings (SSSR count). The third-order valence-corrected chi connectivity index (χ3v) is 4.03. The lowest BCUT2D eigenvalue weighted by Crippen LogP contribution is -2.17. The van der Waals surface area contributed by atoms with Crippen molar-refractivity contribution in [3.63, 3.8) is 0 Å². The number of aromatic nitrogens is 4. The van der Waals surface area contributed by atoms with E-state index in [0.29, 0.717) is 30.4 Å². The van der Waals surface area contributed by atoms with Crippen LogP contribution < -0.4 is 5.32 Å². The van der Waals surface area contributed by atoms with E-state index in [4.69, 9.17) is 4.74 Å². The van der Waals surface area contributed by atoms with Gasteiger partial charge in [-0.15, -0.1) is 10.2 Å². The SMILES string of the molecule is CCn1nc(C(C)C)cc1C(=O)Nc1nnc(CCOC)s1. The molecule has 0 saturated heterocycles. The fourth-order valence-corrected chi connectivity index (χ4v) is 2.61. The summed E-state index contributed by atoms with van der Waals surface area (Å²) < 4.78 is 6.71. The molecule has 0 bridgehead atoms. The van der Waals surface area contributed by atoms with Crippen LogP contribution in [-0.2, 0) is 17.7 Å². The molecule has 2 aromatic heterocycles. The average molecular weight is 323 g/mol. The number of anilines is 1. The van der Waals surface area contributed by atoms with Crippen molar-refractivity contribution in [3.8, 4) is 0 Å². The highest BCUT2D eigenvalue weighted by Gasteiger charge is 2.17. The maximum atomic E-state index is 12.4. The first-order chi connectivity index (χ1) is 10.5. The molecule has 0 fully saturated rings. The van der Waals surface area contributed by atoms with Crippen molar-refractivity contribution < 1.29 is 9.53 Å². The lowest BCUT2D eigenvalue weighted by molar-refractivity contribution is 0.101. The average Bonchev–Trinajstić information content (AvgIpc) is 3.11. The number of hydrogen-bond donors (Lipinski definition) is 1. The molecule has 0 aliphatic rings. The third kappa shape index (κ3) is 3.89. The Morgan fingerprint density at radius 1 is 1.45 bits per heavy atom. The van der Waals surface area contributed by atoms with Crippen LogP contribution in [0.3, 0.4) is 0 Å². The molecule has 1 N–H and O–H groups in total. The van der Waals surface area contributed by atoms with Gasteiger partial charge in [0.05, 0.1) is 12.3 Å². The summed E-state index contributed by atoms with van der Waals surface area (Å²) in [6.45, 7) is 7.29. The number of carbonyl (C=O) groups is 1. The highest BCUT2D eigenvalue weighted by atomic mass is 32.1. The molecule has 0 atom stereocenters. The van der Waals surface area contributed by atoms with Gasteiger partial charge in [0.2, 0.25) is 5.13 Å². The van der Waals surface area contributed by atoms with Crippen molar-refractivity contribution in [3.05, 3.63) is 22.5 Å². The summed E-state index contributed by atoms with van der Waals surface area (Å²) in [4.78, 5) is 12.4. The van der Waals surface area contributed by atoms with Crippen LogP contribution in [0.15, 0.2) is 6.07 Å². The maximum absolute atomic E-state index is 12.4. The molecule has 120 valence electrons. The molecule has 0 spiro atoms. The van der Waals surface area contributed by atoms with Gasteiger partial charge in [0, 0.05) is 20.1 Å². The monoisotopic (exact) mass is 323 g/mol. The highest BCUT2D eigenvalue weighted by molar-refractivity contribution is 7.15. The van der Waals surface area contributed by atoms with Gasteiger partial charge >= 0.3 is 0 Å². The van der Waals surface area contributed by atoms with E-state index in [1.165, 1.54) is 11.3 Å². The van der Waals surface area contributed by atoms with Crippen molar-refractivity contribution in [2.45, 2.75) is 39.7 Å². The lowest BCUT2D eigenvalue weighted by atomic mass is 10.1. The van der Waals surface area contributed by atoms with Gasteiger partial charge in [-0.1, -0.05) is 25.2 Å². The number of nitrogens with zero attached hydrogens (tertiary/aromatic N) is 4. The Bertz CT molecular complexity index is 635. The van der Waals surface area contributed by atoms with Crippen LogP contribution in [0.4, 0.5) is 5.13 Å². The molecular formula is C14H21N5O2S. The summed E-state index contributed by atoms with van der Waals surface area (Å²) in [6.07, 6.45) is 0.689. The number of carbonyl (C=O) groups excluding carboxylic acids is 1. The van der Waals surface area contributed by atoms with Gasteiger partial charge in [-0.3, -0.25) is 14.8 Å². The van der Waals surface area contributed by atoms with Gasteiger partial charge in [0.25, 0.3) is 5.91 Å². The molecular weight excluding hydrogens is 302 g/mol. The standard InChI is InChI=1S/C14H21N5O2S/c1-5-19-11(8-10(18-19)9(2)3)13(20)15-14-17-16-12(22-14)6-7-21-4/h8-9H,5-7H2,1-4H3,(H,15,17,20). The van der Waals surface area contributed by atoms with Crippen LogP contribution in [0, 0.1) is 0 Å². The fourth-order valence-electron chi connectivity index (χ4n) is 1.90. The maximum Gasteiger partial charge on any atom is 0.275 e. The second kappa shape index (κ2) is 7.46. The number of aryl methyl sites for hydroxylation is 1. The molecule has 0 aliphatic heterocycles. The summed E-state index contributed by atoms with van der Waals surface area (Å²) in [5, 5.41) is 16.6. The Hall–Kier alpha value is -1.80. The molecule has 8 heteroatoms. The summed E-state index contributed by atoms with van der Waals surface area (Å²) in [5.74, 6) is 0.0669. The minimum absolute atomic E-state index is 0.212. The van der Waals surface area contributed by atoms with E-state index in [0.717, 1.165) is 10.7 Å². The van der Waals surface area contributed by atoms with Crippen LogP contribution in [-0.4, -0.2) is 39.6 Å². The molecule has 2 aromatic rings. The number of amides is 1. The summed E-state index contributed by atoms with van der Waals surface area (Å²) in [5.41, 5.74) is 1.45. The van der Waals surface area contributed by atoms with Crippen LogP contribution in [0.1, 0.15) is 47.9 Å². The molecule has 0 radical (unpaired) electrons. The Morgan fingerprint density at radius 3 is 2.86 bits per heavy atom. The van der Waals surface area contributed by atoms with Gasteiger partial charge in [-0.2, -0.15) is 5.10 Å². The van der Waals surface area contributed by atoms with E-state index in [1.807, 2.05) is 13.0 Å². The minimum Gasteiger partial charge on any atom is -0.384 e. The van der Waals surface area contributed by atoms with E-state index in [2.05, 4.69) is 34.5 Å². The zero-order chi connectivity index (χ0) is 16.1. The summed E-state index contributed by atoms with van der Waals surface area (Å²) >= 11 is 1.36. The topological polar surface area (TPSA) is 81.9 Å². The Balaban J connectivity index is 2.10. The Morgan fingerprint density at radius 2 is 2.23 bits per heavy atom. The first-order valence-corrected chi connectivity index (χ1v) is 8.07. The van der Waals surface area contributed by atoms with Crippen LogP contribution >= 0.6 is 11.3 Å². The van der Waals surface area contributed by atoms with Gasteiger partial charge < -0.3 is 4.74 Å². The predicted octanol–water partition coefficient (Wildman–Crippen LogP) is 2.32. The quantitative estimate of drug-likeness (QED) is 0.845. The fraction of sp³-hybridized carbons (Fsp3) is 0.571. The van der Waals surface area contributed by atoms with Gasteiger partial charge in [-0.25, -0.2) is 0 Å². The van der Waals surface area contributed by atoms with Crippen molar-refractivity contribution >= 4 is 22.4 Å². The first-order valence-electron chi connectivity index (χ1n) is 7.25. The van der Waals surface area contributed by atoms with Gasteiger partial charge in [0.15, 0.2) is 0 Å². The third-order valence-electron chi connectivity index (χ3n) is 3.13. The number of nitrogens with one attached hydrogen (secondary N) is 1. The second-order valence-electron chi connectivity index (χ2n) is 5.12. The lowest BCUT2D eigenvalue weighted by Gasteiger charge is -2.03. The molecule has 22 heavy (non-hydrogen) atoms. The van der Waals surface area contributed by atoms with E-state index in [9.17, 15) is 4.79 Å². The largest absolute Gasteiger partial charge is 0.384 e. The smallest absolute Gasteiger partial charge is 0.275 e. The normalized spacial score (nSPS) is 11.1. The van der Waals surface area contributed by atoms with Crippen LogP contribution in [0.5, 0.6) is 0 Å². The Kier molecular flexibility index (Phi) is 5.62. The van der Waals surface area contributed by atoms with Crippen molar-refractivity contribution in [2.24, 2.45) is 0 Å². The molecule has 0 saturated carbocycles. The van der Waals surface area contributed by atoms with Gasteiger partial charge in [-0.05, 0) is 18.9 Å². The molecule has 0 unspecified atom stereocenters. The zero-order valence-corrected chi connectivity index (χ0v) is 14.1. The van der Waals surface area contributed by atoms with Crippen LogP contribution in [0.25, 0.3) is 0 Å². The highest BCUT2D eigenvalue weighted by Crippen LogP contribution is 2.19. The molecule has 1 amide bonds. The molecule has 7 nitrogen and oxygen atoms in total. The van der Waals surface area contributed by atoms with Gasteiger partial charge in [0.1, 0.15) is 10.7 Å². The molecule has 2 heterocycles. The van der Waals surface area contributed by atoms with Crippen molar-refractivity contribution in [1.82, 2.24) is 20.0 Å². The number of hydrogen-bond acceptors (Lipinski definition) is 6. The summed E-state index contributed by atoms with van der Waals surface area (Å²) in [7, 11) is 1.64. The van der Waals surface area contributed by atoms with Crippen molar-refractivity contribution in [2.75, 3.05) is 19.0 Å². The summed E-state index contributed by atoms with van der Waals surface area (Å²) in [6, 6.07) is 1.83. The predicted molar refractivity (Wildman–Crippen MR) is 85.4 cm³/mol. The first kappa shape index (κ1) is 16.6.